The van der Waals surface area contributed by atoms with Crippen LogP contribution in [-0.2, 0) is 5.41 Å². The second-order valence-electron chi connectivity index (χ2n) is 8.41. The van der Waals surface area contributed by atoms with E-state index in [4.69, 9.17) is 12.8 Å². The summed E-state index contributed by atoms with van der Waals surface area (Å²) in [6.07, 6.45) is 10.9. The van der Waals surface area contributed by atoms with Gasteiger partial charge in [-0.05, 0) is 65.6 Å². The third kappa shape index (κ3) is 5.45. The minimum absolute atomic E-state index is 0.266. The number of carbonyl (C=O) groups is 2. The molecule has 3 aromatic rings. The van der Waals surface area contributed by atoms with E-state index >= 15 is 0 Å². The third-order valence-corrected chi connectivity index (χ3v) is 4.90. The van der Waals surface area contributed by atoms with Crippen LogP contribution in [0.2, 0.25) is 0 Å². The van der Waals surface area contributed by atoms with Gasteiger partial charge in [-0.2, -0.15) is 0 Å². The van der Waals surface area contributed by atoms with Crippen molar-refractivity contribution < 1.29 is 9.59 Å². The number of nitrogens with one attached hydrogen (secondary N) is 2. The largest absolute Gasteiger partial charge is 0.322 e. The second kappa shape index (κ2) is 9.25. The SMILES string of the molecule is C#Cc1cccc(NC(=O)c2cc(C(=O)Nc3cccc(C#C)c3)cc(C(C)(C)C)c2)c1. The summed E-state index contributed by atoms with van der Waals surface area (Å²) in [5.74, 6) is 4.45. The van der Waals surface area contributed by atoms with Crippen molar-refractivity contribution in [2.24, 2.45) is 0 Å². The Morgan fingerprint density at radius 3 is 1.53 bits per heavy atom. The van der Waals surface area contributed by atoms with Crippen LogP contribution < -0.4 is 10.6 Å². The van der Waals surface area contributed by atoms with Crippen molar-refractivity contribution in [3.8, 4) is 24.7 Å². The number of terminal acetylenes is 2. The molecule has 32 heavy (non-hydrogen) atoms. The van der Waals surface area contributed by atoms with Gasteiger partial charge in [0, 0.05) is 33.6 Å². The average Bonchev–Trinajstić information content (AvgIpc) is 2.78. The Kier molecular flexibility index (Phi) is 6.47. The molecule has 2 N–H and O–H groups in total. The number of amides is 2. The molecule has 0 atom stereocenters. The van der Waals surface area contributed by atoms with E-state index in [0.717, 1.165) is 5.56 Å². The summed E-state index contributed by atoms with van der Waals surface area (Å²) < 4.78 is 0. The molecule has 0 saturated carbocycles. The van der Waals surface area contributed by atoms with E-state index in [1.165, 1.54) is 0 Å². The highest BCUT2D eigenvalue weighted by atomic mass is 16.2. The topological polar surface area (TPSA) is 58.2 Å². The molecule has 158 valence electrons. The van der Waals surface area contributed by atoms with Gasteiger partial charge in [-0.25, -0.2) is 0 Å². The average molecular weight is 421 g/mol. The monoisotopic (exact) mass is 420 g/mol. The van der Waals surface area contributed by atoms with Crippen molar-refractivity contribution in [1.82, 2.24) is 0 Å². The van der Waals surface area contributed by atoms with Crippen LogP contribution >= 0.6 is 0 Å². The van der Waals surface area contributed by atoms with Gasteiger partial charge < -0.3 is 10.6 Å². The Morgan fingerprint density at radius 1 is 0.719 bits per heavy atom. The van der Waals surface area contributed by atoms with Crippen LogP contribution in [0, 0.1) is 24.7 Å². The fraction of sp³-hybridized carbons (Fsp3) is 0.143. The molecule has 2 amide bonds. The summed E-state index contributed by atoms with van der Waals surface area (Å²) in [4.78, 5) is 26.0. The molecular formula is C28H24N2O2. The van der Waals surface area contributed by atoms with Gasteiger partial charge in [0.25, 0.3) is 11.8 Å². The molecule has 0 heterocycles. The normalized spacial score (nSPS) is 10.5. The van der Waals surface area contributed by atoms with E-state index in [9.17, 15) is 9.59 Å². The van der Waals surface area contributed by atoms with E-state index in [-0.39, 0.29) is 17.2 Å². The predicted molar refractivity (Wildman–Crippen MR) is 130 cm³/mol. The molecule has 0 radical (unpaired) electrons. The summed E-state index contributed by atoms with van der Waals surface area (Å²) in [5.41, 5.74) is 3.87. The van der Waals surface area contributed by atoms with Crippen LogP contribution in [0.3, 0.4) is 0 Å². The molecule has 3 rings (SSSR count). The number of hydrogen-bond acceptors (Lipinski definition) is 2. The van der Waals surface area contributed by atoms with Crippen molar-refractivity contribution in [1.29, 1.82) is 0 Å². The number of carbonyl (C=O) groups excluding carboxylic acids is 2. The molecular weight excluding hydrogens is 396 g/mol. The summed E-state index contributed by atoms with van der Waals surface area (Å²) >= 11 is 0. The Balaban J connectivity index is 1.94. The third-order valence-electron chi connectivity index (χ3n) is 4.90. The fourth-order valence-corrected chi connectivity index (χ4v) is 3.10. The summed E-state index contributed by atoms with van der Waals surface area (Å²) in [6, 6.07) is 19.3. The maximum Gasteiger partial charge on any atom is 0.255 e. The zero-order valence-corrected chi connectivity index (χ0v) is 18.3. The first-order chi connectivity index (χ1) is 15.2. The van der Waals surface area contributed by atoms with Crippen LogP contribution in [0.1, 0.15) is 58.2 Å². The van der Waals surface area contributed by atoms with Crippen LogP contribution in [0.15, 0.2) is 66.7 Å². The predicted octanol–water partition coefficient (Wildman–Crippen LogP) is 5.45. The Labute approximate surface area is 189 Å². The van der Waals surface area contributed by atoms with E-state index in [1.807, 2.05) is 20.8 Å². The maximum atomic E-state index is 13.0. The quantitative estimate of drug-likeness (QED) is 0.551. The van der Waals surface area contributed by atoms with Crippen molar-refractivity contribution in [2.75, 3.05) is 10.6 Å². The van der Waals surface area contributed by atoms with E-state index in [2.05, 4.69) is 22.5 Å². The Morgan fingerprint density at radius 2 is 1.16 bits per heavy atom. The standard InChI is InChI=1S/C28H24N2O2/c1-6-19-10-8-12-24(14-19)29-26(31)21-16-22(18-23(17-21)28(3,4)5)27(32)30-25-13-9-11-20(7-2)15-25/h1-2,8-18H,3-5H3,(H,29,31)(H,30,32). The minimum Gasteiger partial charge on any atom is -0.322 e. The van der Waals surface area contributed by atoms with E-state index in [1.54, 1.807) is 66.7 Å². The molecule has 0 spiro atoms. The van der Waals surface area contributed by atoms with E-state index in [0.29, 0.717) is 33.6 Å². The van der Waals surface area contributed by atoms with Crippen LogP contribution in [0.25, 0.3) is 0 Å². The number of anilines is 2. The molecule has 0 aliphatic carbocycles. The zero-order chi connectivity index (χ0) is 23.3. The van der Waals surface area contributed by atoms with Crippen LogP contribution in [0.5, 0.6) is 0 Å². The molecule has 0 aliphatic heterocycles. The van der Waals surface area contributed by atoms with Crippen LogP contribution in [0.4, 0.5) is 11.4 Å². The van der Waals surface area contributed by atoms with Crippen molar-refractivity contribution in [3.63, 3.8) is 0 Å². The fourth-order valence-electron chi connectivity index (χ4n) is 3.10. The van der Waals surface area contributed by atoms with Crippen LogP contribution in [-0.4, -0.2) is 11.8 Å². The second-order valence-corrected chi connectivity index (χ2v) is 8.41. The molecule has 0 unspecified atom stereocenters. The Bertz CT molecular complexity index is 1180. The number of rotatable bonds is 4. The van der Waals surface area contributed by atoms with Gasteiger partial charge >= 0.3 is 0 Å². The lowest BCUT2D eigenvalue weighted by Crippen LogP contribution is -2.19. The van der Waals surface area contributed by atoms with Crippen molar-refractivity contribution in [2.45, 2.75) is 26.2 Å². The molecule has 4 nitrogen and oxygen atoms in total. The highest BCUT2D eigenvalue weighted by molar-refractivity contribution is 6.09. The lowest BCUT2D eigenvalue weighted by molar-refractivity contribution is 0.102. The van der Waals surface area contributed by atoms with Gasteiger partial charge in [0.2, 0.25) is 0 Å². The highest BCUT2D eigenvalue weighted by Gasteiger charge is 2.20. The Hall–Kier alpha value is -4.28. The lowest BCUT2D eigenvalue weighted by Gasteiger charge is -2.21. The van der Waals surface area contributed by atoms with Gasteiger partial charge in [-0.15, -0.1) is 12.8 Å². The smallest absolute Gasteiger partial charge is 0.255 e. The highest BCUT2D eigenvalue weighted by Crippen LogP contribution is 2.26. The zero-order valence-electron chi connectivity index (χ0n) is 18.3. The number of benzene rings is 3. The molecule has 3 aromatic carbocycles. The first kappa shape index (κ1) is 22.4. The summed E-state index contributed by atoms with van der Waals surface area (Å²) in [6.45, 7) is 6.08. The molecule has 0 fully saturated rings. The van der Waals surface area contributed by atoms with Crippen molar-refractivity contribution in [3.05, 3.63) is 94.5 Å². The first-order valence-electron chi connectivity index (χ1n) is 10.1. The molecule has 0 saturated heterocycles. The molecule has 4 heteroatoms. The van der Waals surface area contributed by atoms with Gasteiger partial charge in [0.05, 0.1) is 0 Å². The molecule has 0 aliphatic rings. The van der Waals surface area contributed by atoms with Gasteiger partial charge in [0.1, 0.15) is 0 Å². The van der Waals surface area contributed by atoms with E-state index < -0.39 is 0 Å². The summed E-state index contributed by atoms with van der Waals surface area (Å²) in [7, 11) is 0. The molecule has 0 aromatic heterocycles. The lowest BCUT2D eigenvalue weighted by atomic mass is 9.85. The minimum atomic E-state index is -0.325. The number of hydrogen-bond donors (Lipinski definition) is 2. The molecule has 0 bridgehead atoms. The first-order valence-corrected chi connectivity index (χ1v) is 10.1. The van der Waals surface area contributed by atoms with Crippen molar-refractivity contribution >= 4 is 23.2 Å². The summed E-state index contributed by atoms with van der Waals surface area (Å²) in [5, 5.41) is 5.71. The van der Waals surface area contributed by atoms with Gasteiger partial charge in [-0.3, -0.25) is 9.59 Å². The van der Waals surface area contributed by atoms with Gasteiger partial charge in [0.15, 0.2) is 0 Å². The maximum absolute atomic E-state index is 13.0. The van der Waals surface area contributed by atoms with Gasteiger partial charge in [-0.1, -0.05) is 44.7 Å².